The summed E-state index contributed by atoms with van der Waals surface area (Å²) in [7, 11) is 0. The Kier molecular flexibility index (Phi) is 4.47. The summed E-state index contributed by atoms with van der Waals surface area (Å²) >= 11 is 0. The molecule has 2 fully saturated rings. The number of H-pyrrole nitrogens is 1. The van der Waals surface area contributed by atoms with Crippen molar-refractivity contribution in [2.45, 2.75) is 25.8 Å². The molecule has 0 spiro atoms. The van der Waals surface area contributed by atoms with Gasteiger partial charge in [-0.25, -0.2) is 5.10 Å². The van der Waals surface area contributed by atoms with E-state index in [0.717, 1.165) is 24.4 Å². The zero-order chi connectivity index (χ0) is 19.0. The maximum Gasteiger partial charge on any atom is 0.274 e. The molecule has 2 atom stereocenters. The average molecular weight is 367 g/mol. The van der Waals surface area contributed by atoms with Gasteiger partial charge in [-0.2, -0.15) is 5.10 Å². The summed E-state index contributed by atoms with van der Waals surface area (Å²) in [6, 6.07) is 8.44. The third-order valence-corrected chi connectivity index (χ3v) is 5.33. The van der Waals surface area contributed by atoms with Crippen molar-refractivity contribution in [1.82, 2.24) is 25.0 Å². The first-order valence-electron chi connectivity index (χ1n) is 9.08. The Balaban J connectivity index is 1.43. The number of aryl methyl sites for hydroxylation is 1. The second-order valence-corrected chi connectivity index (χ2v) is 7.17. The molecule has 1 N–H and O–H groups in total. The van der Waals surface area contributed by atoms with Crippen LogP contribution >= 0.6 is 0 Å². The number of fused-ring (bicyclic) bond motifs is 1. The highest BCUT2D eigenvalue weighted by molar-refractivity contribution is 5.92. The van der Waals surface area contributed by atoms with E-state index in [2.05, 4.69) is 15.2 Å². The Bertz CT molecular complexity index is 920. The number of carbonyl (C=O) groups excluding carboxylic acids is 2. The van der Waals surface area contributed by atoms with Crippen molar-refractivity contribution in [3.63, 3.8) is 0 Å². The van der Waals surface area contributed by atoms with Gasteiger partial charge in [-0.3, -0.25) is 19.4 Å². The monoisotopic (exact) mass is 367 g/mol. The number of carbonyl (C=O) groups is 2. The predicted molar refractivity (Wildman–Crippen MR) is 97.0 cm³/mol. The number of nitrogens with zero attached hydrogens (tertiary/aromatic N) is 4. The molecular formula is C19H21N5O3. The maximum absolute atomic E-state index is 12.8. The SMILES string of the molecule is Cc1cccc(CC(=O)N2CC[C@H]3CN(C(=O)c4ccc(=O)[nH]n4)C[C@@H]32)n1. The van der Waals surface area contributed by atoms with E-state index in [0.29, 0.717) is 13.1 Å². The highest BCUT2D eigenvalue weighted by Crippen LogP contribution is 2.32. The van der Waals surface area contributed by atoms with E-state index in [1.807, 2.05) is 30.0 Å². The van der Waals surface area contributed by atoms with Crippen LogP contribution in [0.15, 0.2) is 35.1 Å². The molecule has 0 aliphatic carbocycles. The van der Waals surface area contributed by atoms with Crippen molar-refractivity contribution in [3.05, 3.63) is 57.8 Å². The van der Waals surface area contributed by atoms with Crippen LogP contribution in [-0.2, 0) is 11.2 Å². The van der Waals surface area contributed by atoms with Gasteiger partial charge in [0, 0.05) is 43.0 Å². The summed E-state index contributed by atoms with van der Waals surface area (Å²) in [5.74, 6) is 0.122. The van der Waals surface area contributed by atoms with Crippen molar-refractivity contribution < 1.29 is 9.59 Å². The van der Waals surface area contributed by atoms with E-state index >= 15 is 0 Å². The van der Waals surface area contributed by atoms with Crippen molar-refractivity contribution >= 4 is 11.8 Å². The number of likely N-dealkylation sites (tertiary alicyclic amines) is 2. The molecule has 140 valence electrons. The van der Waals surface area contributed by atoms with Gasteiger partial charge in [0.1, 0.15) is 5.69 Å². The highest BCUT2D eigenvalue weighted by Gasteiger charge is 2.44. The minimum absolute atomic E-state index is 0.0361. The lowest BCUT2D eigenvalue weighted by Crippen LogP contribution is -2.41. The Morgan fingerprint density at radius 3 is 2.81 bits per heavy atom. The molecule has 4 heterocycles. The van der Waals surface area contributed by atoms with Gasteiger partial charge in [-0.05, 0) is 31.5 Å². The second-order valence-electron chi connectivity index (χ2n) is 7.17. The van der Waals surface area contributed by atoms with Crippen LogP contribution < -0.4 is 5.56 Å². The molecule has 2 amide bonds. The number of pyridine rings is 1. The second kappa shape index (κ2) is 6.94. The fourth-order valence-electron chi connectivity index (χ4n) is 4.02. The Labute approximate surface area is 156 Å². The molecule has 4 rings (SSSR count). The van der Waals surface area contributed by atoms with Gasteiger partial charge in [0.25, 0.3) is 11.5 Å². The molecule has 2 aliphatic rings. The zero-order valence-corrected chi connectivity index (χ0v) is 15.1. The number of aromatic amines is 1. The smallest absolute Gasteiger partial charge is 0.274 e. The molecule has 27 heavy (non-hydrogen) atoms. The topological polar surface area (TPSA) is 99.3 Å². The van der Waals surface area contributed by atoms with E-state index in [9.17, 15) is 14.4 Å². The number of hydrogen-bond acceptors (Lipinski definition) is 5. The van der Waals surface area contributed by atoms with Gasteiger partial charge in [0.2, 0.25) is 5.91 Å². The lowest BCUT2D eigenvalue weighted by atomic mass is 10.1. The van der Waals surface area contributed by atoms with E-state index in [1.54, 1.807) is 4.90 Å². The van der Waals surface area contributed by atoms with Crippen LogP contribution in [-0.4, -0.2) is 62.5 Å². The fraction of sp³-hybridized carbons (Fsp3) is 0.421. The van der Waals surface area contributed by atoms with E-state index in [-0.39, 0.29) is 41.4 Å². The molecule has 8 heteroatoms. The summed E-state index contributed by atoms with van der Waals surface area (Å²) < 4.78 is 0. The largest absolute Gasteiger partial charge is 0.337 e. The highest BCUT2D eigenvalue weighted by atomic mass is 16.2. The van der Waals surface area contributed by atoms with E-state index in [1.165, 1.54) is 12.1 Å². The average Bonchev–Trinajstić information content (AvgIpc) is 3.22. The van der Waals surface area contributed by atoms with Crippen molar-refractivity contribution in [2.24, 2.45) is 5.92 Å². The molecule has 0 aromatic carbocycles. The van der Waals surface area contributed by atoms with Crippen molar-refractivity contribution in [1.29, 1.82) is 0 Å². The third kappa shape index (κ3) is 3.47. The lowest BCUT2D eigenvalue weighted by molar-refractivity contribution is -0.131. The first kappa shape index (κ1) is 17.4. The molecule has 2 aromatic rings. The van der Waals surface area contributed by atoms with Gasteiger partial charge in [-0.15, -0.1) is 0 Å². The lowest BCUT2D eigenvalue weighted by Gasteiger charge is -2.25. The van der Waals surface area contributed by atoms with Crippen LogP contribution in [0, 0.1) is 12.8 Å². The molecule has 2 aliphatic heterocycles. The van der Waals surface area contributed by atoms with Crippen molar-refractivity contribution in [2.75, 3.05) is 19.6 Å². The minimum atomic E-state index is -0.341. The first-order valence-corrected chi connectivity index (χ1v) is 9.08. The molecule has 8 nitrogen and oxygen atoms in total. The van der Waals surface area contributed by atoms with Crippen LogP contribution in [0.3, 0.4) is 0 Å². The van der Waals surface area contributed by atoms with Crippen LogP contribution in [0.4, 0.5) is 0 Å². The Hall–Kier alpha value is -3.03. The minimum Gasteiger partial charge on any atom is -0.337 e. The predicted octanol–water partition coefficient (Wildman–Crippen LogP) is 0.389. The van der Waals surface area contributed by atoms with Crippen LogP contribution in [0.1, 0.15) is 28.3 Å². The van der Waals surface area contributed by atoms with Crippen LogP contribution in [0.2, 0.25) is 0 Å². The number of amides is 2. The van der Waals surface area contributed by atoms with E-state index < -0.39 is 0 Å². The third-order valence-electron chi connectivity index (χ3n) is 5.33. The summed E-state index contributed by atoms with van der Waals surface area (Å²) in [6.45, 7) is 3.73. The van der Waals surface area contributed by atoms with E-state index in [4.69, 9.17) is 0 Å². The molecule has 0 unspecified atom stereocenters. The Morgan fingerprint density at radius 2 is 2.07 bits per heavy atom. The summed E-state index contributed by atoms with van der Waals surface area (Å²) in [5.41, 5.74) is 1.54. The first-order chi connectivity index (χ1) is 13.0. The number of rotatable bonds is 3. The number of aromatic nitrogens is 3. The fourth-order valence-corrected chi connectivity index (χ4v) is 4.02. The number of nitrogens with one attached hydrogen (secondary N) is 1. The van der Waals surface area contributed by atoms with Crippen LogP contribution in [0.25, 0.3) is 0 Å². The molecule has 0 saturated carbocycles. The summed E-state index contributed by atoms with van der Waals surface area (Å²) in [5, 5.41) is 6.11. The van der Waals surface area contributed by atoms with Crippen molar-refractivity contribution in [3.8, 4) is 0 Å². The molecule has 0 bridgehead atoms. The van der Waals surface area contributed by atoms with Gasteiger partial charge >= 0.3 is 0 Å². The molecular weight excluding hydrogens is 346 g/mol. The number of hydrogen-bond donors (Lipinski definition) is 1. The summed E-state index contributed by atoms with van der Waals surface area (Å²) in [4.78, 5) is 44.6. The van der Waals surface area contributed by atoms with Gasteiger partial charge < -0.3 is 9.80 Å². The van der Waals surface area contributed by atoms with Gasteiger partial charge in [0.15, 0.2) is 0 Å². The Morgan fingerprint density at radius 1 is 1.22 bits per heavy atom. The van der Waals surface area contributed by atoms with Gasteiger partial charge in [0.05, 0.1) is 12.5 Å². The van der Waals surface area contributed by atoms with Crippen LogP contribution in [0.5, 0.6) is 0 Å². The maximum atomic E-state index is 12.8. The quantitative estimate of drug-likeness (QED) is 0.846. The summed E-state index contributed by atoms with van der Waals surface area (Å²) in [6.07, 6.45) is 1.17. The molecule has 0 radical (unpaired) electrons. The zero-order valence-electron chi connectivity index (χ0n) is 15.1. The van der Waals surface area contributed by atoms with Gasteiger partial charge in [-0.1, -0.05) is 6.07 Å². The standard InChI is InChI=1S/C19H21N5O3/c1-12-3-2-4-14(20-12)9-18(26)24-8-7-13-10-23(11-16(13)24)19(27)15-5-6-17(25)22-21-15/h2-6,13,16H,7-11H2,1H3,(H,22,25)/t13-,16-/m0/s1. The molecule has 2 saturated heterocycles. The molecule has 2 aromatic heterocycles. The normalized spacial score (nSPS) is 21.4.